The summed E-state index contributed by atoms with van der Waals surface area (Å²) in [6.45, 7) is 2.15. The summed E-state index contributed by atoms with van der Waals surface area (Å²) in [4.78, 5) is 0. The lowest BCUT2D eigenvalue weighted by molar-refractivity contribution is -0.0420. The number of alkyl halides is 2. The number of rotatable bonds is 3. The van der Waals surface area contributed by atoms with Gasteiger partial charge in [-0.1, -0.05) is 6.92 Å². The molecule has 2 rings (SSSR count). The van der Waals surface area contributed by atoms with Gasteiger partial charge < -0.3 is 5.73 Å². The Labute approximate surface area is 84.0 Å². The van der Waals surface area contributed by atoms with Gasteiger partial charge in [-0.3, -0.25) is 0 Å². The smallest absolute Gasteiger partial charge is 0.251 e. The van der Waals surface area contributed by atoms with E-state index in [1.54, 1.807) is 0 Å². The molecule has 2 aliphatic rings. The van der Waals surface area contributed by atoms with E-state index in [0.29, 0.717) is 31.1 Å². The zero-order valence-electron chi connectivity index (χ0n) is 8.68. The lowest BCUT2D eigenvalue weighted by Gasteiger charge is -2.22. The second kappa shape index (κ2) is 3.44. The Morgan fingerprint density at radius 3 is 2.57 bits per heavy atom. The molecule has 2 N–H and O–H groups in total. The Bertz CT molecular complexity index is 217. The van der Waals surface area contributed by atoms with Crippen molar-refractivity contribution < 1.29 is 8.78 Å². The maximum atomic E-state index is 13.3. The SMILES string of the molecule is CC1CC1C(N)CC1CCCC1(F)F. The first-order valence-corrected chi connectivity index (χ1v) is 5.64. The fourth-order valence-electron chi connectivity index (χ4n) is 2.74. The number of hydrogen-bond donors (Lipinski definition) is 1. The fraction of sp³-hybridized carbons (Fsp3) is 1.00. The molecular weight excluding hydrogens is 184 g/mol. The minimum Gasteiger partial charge on any atom is -0.327 e. The summed E-state index contributed by atoms with van der Waals surface area (Å²) in [7, 11) is 0. The van der Waals surface area contributed by atoms with Crippen LogP contribution in [0.1, 0.15) is 39.0 Å². The zero-order valence-corrected chi connectivity index (χ0v) is 8.68. The van der Waals surface area contributed by atoms with Crippen molar-refractivity contribution >= 4 is 0 Å². The lowest BCUT2D eigenvalue weighted by atomic mass is 9.93. The van der Waals surface area contributed by atoms with E-state index in [1.165, 1.54) is 0 Å². The zero-order chi connectivity index (χ0) is 10.3. The number of hydrogen-bond acceptors (Lipinski definition) is 1. The summed E-state index contributed by atoms with van der Waals surface area (Å²) in [5, 5.41) is 0. The Balaban J connectivity index is 1.85. The molecule has 0 aromatic rings. The minimum atomic E-state index is -2.43. The molecular formula is C11H19F2N. The van der Waals surface area contributed by atoms with E-state index in [0.717, 1.165) is 6.42 Å². The Kier molecular flexibility index (Phi) is 2.54. The molecule has 14 heavy (non-hydrogen) atoms. The van der Waals surface area contributed by atoms with Gasteiger partial charge in [-0.25, -0.2) is 8.78 Å². The maximum Gasteiger partial charge on any atom is 0.251 e. The first-order chi connectivity index (χ1) is 6.50. The van der Waals surface area contributed by atoms with Crippen LogP contribution in [-0.2, 0) is 0 Å². The topological polar surface area (TPSA) is 26.0 Å². The number of nitrogens with two attached hydrogens (primary N) is 1. The fourth-order valence-corrected chi connectivity index (χ4v) is 2.74. The molecule has 0 saturated heterocycles. The maximum absolute atomic E-state index is 13.3. The molecule has 0 aromatic heterocycles. The van der Waals surface area contributed by atoms with E-state index >= 15 is 0 Å². The predicted molar refractivity (Wildman–Crippen MR) is 52.2 cm³/mol. The molecule has 2 aliphatic carbocycles. The molecule has 0 radical (unpaired) electrons. The Hall–Kier alpha value is -0.180. The summed E-state index contributed by atoms with van der Waals surface area (Å²) in [6, 6.07) is 0.0129. The third-order valence-electron chi connectivity index (χ3n) is 3.94. The third kappa shape index (κ3) is 1.92. The van der Waals surface area contributed by atoms with Crippen molar-refractivity contribution in [3.8, 4) is 0 Å². The van der Waals surface area contributed by atoms with Crippen molar-refractivity contribution in [1.82, 2.24) is 0 Å². The lowest BCUT2D eigenvalue weighted by Crippen LogP contribution is -2.32. The largest absolute Gasteiger partial charge is 0.327 e. The summed E-state index contributed by atoms with van der Waals surface area (Å²) in [5.74, 6) is -1.69. The highest BCUT2D eigenvalue weighted by molar-refractivity contribution is 4.94. The Morgan fingerprint density at radius 2 is 2.14 bits per heavy atom. The van der Waals surface area contributed by atoms with Gasteiger partial charge in [0.05, 0.1) is 0 Å². The first-order valence-electron chi connectivity index (χ1n) is 5.64. The van der Waals surface area contributed by atoms with Gasteiger partial charge in [-0.05, 0) is 37.5 Å². The highest BCUT2D eigenvalue weighted by Crippen LogP contribution is 2.47. The van der Waals surface area contributed by atoms with Gasteiger partial charge in [-0.2, -0.15) is 0 Å². The van der Waals surface area contributed by atoms with Crippen LogP contribution in [0, 0.1) is 17.8 Å². The molecule has 0 spiro atoms. The second-order valence-electron chi connectivity index (χ2n) is 5.13. The van der Waals surface area contributed by atoms with Crippen LogP contribution in [0.5, 0.6) is 0 Å². The molecule has 3 heteroatoms. The average Bonchev–Trinajstić information content (AvgIpc) is 2.72. The molecule has 4 unspecified atom stereocenters. The van der Waals surface area contributed by atoms with Gasteiger partial charge in [0.1, 0.15) is 0 Å². The van der Waals surface area contributed by atoms with Crippen LogP contribution in [-0.4, -0.2) is 12.0 Å². The molecule has 82 valence electrons. The molecule has 4 atom stereocenters. The van der Waals surface area contributed by atoms with Crippen molar-refractivity contribution in [2.45, 2.75) is 51.0 Å². The third-order valence-corrected chi connectivity index (χ3v) is 3.94. The monoisotopic (exact) mass is 203 g/mol. The van der Waals surface area contributed by atoms with Crippen molar-refractivity contribution in [3.63, 3.8) is 0 Å². The van der Waals surface area contributed by atoms with E-state index in [2.05, 4.69) is 6.92 Å². The quantitative estimate of drug-likeness (QED) is 0.750. The summed E-state index contributed by atoms with van der Waals surface area (Å²) in [6.07, 6.45) is 3.08. The highest BCUT2D eigenvalue weighted by Gasteiger charge is 2.46. The van der Waals surface area contributed by atoms with Crippen LogP contribution in [0.25, 0.3) is 0 Å². The molecule has 2 fully saturated rings. The van der Waals surface area contributed by atoms with Gasteiger partial charge >= 0.3 is 0 Å². The average molecular weight is 203 g/mol. The molecule has 0 bridgehead atoms. The van der Waals surface area contributed by atoms with Crippen LogP contribution in [0.15, 0.2) is 0 Å². The Morgan fingerprint density at radius 1 is 1.50 bits per heavy atom. The first kappa shape index (κ1) is 10.3. The molecule has 2 saturated carbocycles. The van der Waals surface area contributed by atoms with E-state index in [1.807, 2.05) is 0 Å². The minimum absolute atomic E-state index is 0.0129. The van der Waals surface area contributed by atoms with Gasteiger partial charge in [0.15, 0.2) is 0 Å². The van der Waals surface area contributed by atoms with Crippen LogP contribution in [0.3, 0.4) is 0 Å². The molecule has 0 amide bonds. The number of halogens is 2. The predicted octanol–water partition coefficient (Wildman–Crippen LogP) is 2.80. The van der Waals surface area contributed by atoms with Crippen LogP contribution >= 0.6 is 0 Å². The molecule has 0 heterocycles. The van der Waals surface area contributed by atoms with Crippen molar-refractivity contribution in [1.29, 1.82) is 0 Å². The van der Waals surface area contributed by atoms with Crippen molar-refractivity contribution in [2.75, 3.05) is 0 Å². The molecule has 0 aliphatic heterocycles. The normalized spacial score (nSPS) is 42.4. The molecule has 0 aromatic carbocycles. The van der Waals surface area contributed by atoms with E-state index in [9.17, 15) is 8.78 Å². The second-order valence-corrected chi connectivity index (χ2v) is 5.13. The van der Waals surface area contributed by atoms with Gasteiger partial charge in [0.25, 0.3) is 5.92 Å². The standard InChI is InChI=1S/C11H19F2N/c1-7-5-9(7)10(14)6-8-3-2-4-11(8,12)13/h7-10H,2-6,14H2,1H3. The van der Waals surface area contributed by atoms with E-state index in [4.69, 9.17) is 5.73 Å². The summed E-state index contributed by atoms with van der Waals surface area (Å²) in [5.41, 5.74) is 5.94. The van der Waals surface area contributed by atoms with Gasteiger partial charge in [0, 0.05) is 18.4 Å². The highest BCUT2D eigenvalue weighted by atomic mass is 19.3. The van der Waals surface area contributed by atoms with E-state index < -0.39 is 11.8 Å². The van der Waals surface area contributed by atoms with Crippen molar-refractivity contribution in [3.05, 3.63) is 0 Å². The van der Waals surface area contributed by atoms with E-state index in [-0.39, 0.29) is 12.5 Å². The van der Waals surface area contributed by atoms with Crippen LogP contribution in [0.2, 0.25) is 0 Å². The van der Waals surface area contributed by atoms with Crippen LogP contribution in [0.4, 0.5) is 8.78 Å². The van der Waals surface area contributed by atoms with Gasteiger partial charge in [0.2, 0.25) is 0 Å². The summed E-state index contributed by atoms with van der Waals surface area (Å²) < 4.78 is 26.6. The van der Waals surface area contributed by atoms with Gasteiger partial charge in [-0.15, -0.1) is 0 Å². The molecule has 1 nitrogen and oxygen atoms in total. The van der Waals surface area contributed by atoms with Crippen LogP contribution < -0.4 is 5.73 Å². The summed E-state index contributed by atoms with van der Waals surface area (Å²) >= 11 is 0. The van der Waals surface area contributed by atoms with Crippen molar-refractivity contribution in [2.24, 2.45) is 23.5 Å².